The molecule has 53 heavy (non-hydrogen) atoms. The van der Waals surface area contributed by atoms with E-state index in [2.05, 4.69) is 0 Å². The molecule has 0 unspecified atom stereocenters. The number of rotatable bonds is 15. The van der Waals surface area contributed by atoms with Gasteiger partial charge in [-0.2, -0.15) is 0 Å². The zero-order valence-electron chi connectivity index (χ0n) is 30.1. The summed E-state index contributed by atoms with van der Waals surface area (Å²) in [5.41, 5.74) is 1.56. The van der Waals surface area contributed by atoms with Crippen LogP contribution in [-0.4, -0.2) is 44.7 Å². The van der Waals surface area contributed by atoms with E-state index in [1.165, 1.54) is 12.1 Å². The van der Waals surface area contributed by atoms with Gasteiger partial charge in [-0.05, 0) is 57.2 Å². The van der Waals surface area contributed by atoms with Gasteiger partial charge < -0.3 is 41.3 Å². The Bertz CT molecular complexity index is 2170. The van der Waals surface area contributed by atoms with Crippen LogP contribution in [-0.2, 0) is 33.1 Å². The summed E-state index contributed by atoms with van der Waals surface area (Å²) in [7, 11) is -5.21. The van der Waals surface area contributed by atoms with Crippen LogP contribution in [0.5, 0.6) is 23.0 Å². The van der Waals surface area contributed by atoms with Gasteiger partial charge in [0.1, 0.15) is 41.3 Å². The van der Waals surface area contributed by atoms with Gasteiger partial charge in [0, 0.05) is 22.9 Å². The SMILES string of the molecule is CCOC(=O)c1c(C)oc2cc(OCc3ccccc3)c(OCc3oc4cc(OCC5CCCCC5)c(OS(=O)(=O)[O-])cc4c3C(=O)OCC)cc12.[Na+]. The van der Waals surface area contributed by atoms with E-state index in [4.69, 9.17) is 36.7 Å². The predicted molar refractivity (Wildman–Crippen MR) is 187 cm³/mol. The molecule has 1 aliphatic rings. The van der Waals surface area contributed by atoms with Crippen molar-refractivity contribution in [2.75, 3.05) is 19.8 Å². The number of esters is 2. The fourth-order valence-corrected chi connectivity index (χ4v) is 6.67. The first kappa shape index (κ1) is 40.0. The molecular weight excluding hydrogens is 719 g/mol. The number of carbonyl (C=O) groups is 2. The van der Waals surface area contributed by atoms with Gasteiger partial charge in [0.25, 0.3) is 10.4 Å². The Morgan fingerprint density at radius 1 is 0.755 bits per heavy atom. The molecule has 1 fully saturated rings. The van der Waals surface area contributed by atoms with Crippen LogP contribution >= 0.6 is 0 Å². The second kappa shape index (κ2) is 17.7. The van der Waals surface area contributed by atoms with Gasteiger partial charge in [-0.3, -0.25) is 0 Å². The largest absolute Gasteiger partial charge is 1.00 e. The van der Waals surface area contributed by atoms with Crippen molar-refractivity contribution in [3.05, 3.63) is 82.8 Å². The number of fused-ring (bicyclic) bond motifs is 2. The van der Waals surface area contributed by atoms with Crippen LogP contribution in [0.3, 0.4) is 0 Å². The molecule has 6 rings (SSSR count). The Morgan fingerprint density at radius 2 is 1.32 bits per heavy atom. The van der Waals surface area contributed by atoms with E-state index in [9.17, 15) is 22.6 Å². The Balaban J connectivity index is 0.00000541. The first-order chi connectivity index (χ1) is 25.0. The van der Waals surface area contributed by atoms with Gasteiger partial charge in [0.2, 0.25) is 0 Å². The summed E-state index contributed by atoms with van der Waals surface area (Å²) in [6.07, 6.45) is 5.17. The molecule has 15 heteroatoms. The number of hydrogen-bond acceptors (Lipinski definition) is 13. The Hall–Kier alpha value is -4.21. The minimum absolute atomic E-state index is 0. The zero-order valence-corrected chi connectivity index (χ0v) is 32.9. The molecule has 0 saturated heterocycles. The monoisotopic (exact) mass is 758 g/mol. The van der Waals surface area contributed by atoms with Gasteiger partial charge in [-0.1, -0.05) is 49.6 Å². The molecular formula is C38H39NaO13S. The summed E-state index contributed by atoms with van der Waals surface area (Å²) < 4.78 is 81.0. The molecule has 5 aromatic rings. The molecule has 13 nitrogen and oxygen atoms in total. The number of aryl methyl sites for hydroxylation is 1. The summed E-state index contributed by atoms with van der Waals surface area (Å²) in [6.45, 7) is 5.29. The van der Waals surface area contributed by atoms with Crippen LogP contribution in [0.25, 0.3) is 21.9 Å². The van der Waals surface area contributed by atoms with Crippen LogP contribution in [0.15, 0.2) is 63.4 Å². The minimum Gasteiger partial charge on any atom is -0.716 e. The van der Waals surface area contributed by atoms with E-state index in [-0.39, 0.29) is 119 Å². The fourth-order valence-electron chi connectivity index (χ4n) is 6.32. The molecule has 0 amide bonds. The molecule has 1 saturated carbocycles. The van der Waals surface area contributed by atoms with Crippen molar-refractivity contribution >= 4 is 44.3 Å². The van der Waals surface area contributed by atoms with E-state index >= 15 is 0 Å². The maximum atomic E-state index is 13.4. The van der Waals surface area contributed by atoms with Crippen LogP contribution in [0.4, 0.5) is 0 Å². The number of furan rings is 2. The summed E-state index contributed by atoms with van der Waals surface area (Å²) in [6, 6.07) is 15.2. The summed E-state index contributed by atoms with van der Waals surface area (Å²) in [5, 5.41) is 0.542. The topological polar surface area (TPSA) is 173 Å². The Morgan fingerprint density at radius 3 is 1.98 bits per heavy atom. The molecule has 0 N–H and O–H groups in total. The maximum Gasteiger partial charge on any atom is 1.00 e. The van der Waals surface area contributed by atoms with Crippen molar-refractivity contribution in [1.29, 1.82) is 0 Å². The number of hydrogen-bond donors (Lipinski definition) is 0. The van der Waals surface area contributed by atoms with Crippen molar-refractivity contribution < 1.29 is 88.8 Å². The van der Waals surface area contributed by atoms with Gasteiger partial charge in [0.15, 0.2) is 28.8 Å². The summed E-state index contributed by atoms with van der Waals surface area (Å²) in [5.74, 6) is -0.665. The van der Waals surface area contributed by atoms with Gasteiger partial charge in [-0.25, -0.2) is 18.0 Å². The van der Waals surface area contributed by atoms with E-state index in [0.717, 1.165) is 37.7 Å². The fraction of sp³-hybridized carbons (Fsp3) is 0.368. The standard InChI is InChI=1S/C38H40O13S.Na/c1-4-44-37(39)35-23(3)49-28-18-31(46-20-24-12-8-6-9-13-24)30(16-26(28)35)48-22-34-36(38(40)45-5-2)27-17-33(51-52(41,42)43)32(19-29(27)50-34)47-21-25-14-10-7-11-15-25;/h6,8-9,12-13,16-19,25H,4-5,7,10-11,14-15,20-22H2,1-3H3,(H,41,42,43);/q;+1/p-1. The van der Waals surface area contributed by atoms with Crippen molar-refractivity contribution in [2.45, 2.75) is 66.1 Å². The molecule has 276 valence electrons. The van der Waals surface area contributed by atoms with Crippen molar-refractivity contribution in [3.63, 3.8) is 0 Å². The number of benzene rings is 3. The second-order valence-corrected chi connectivity index (χ2v) is 13.3. The van der Waals surface area contributed by atoms with Gasteiger partial charge >= 0.3 is 41.5 Å². The normalized spacial score (nSPS) is 13.4. The van der Waals surface area contributed by atoms with Crippen LogP contribution in [0.2, 0.25) is 0 Å². The van der Waals surface area contributed by atoms with Crippen molar-refractivity contribution in [1.82, 2.24) is 0 Å². The molecule has 1 aliphatic carbocycles. The van der Waals surface area contributed by atoms with Crippen LogP contribution in [0.1, 0.15) is 83.8 Å². The van der Waals surface area contributed by atoms with Crippen molar-refractivity contribution in [3.8, 4) is 23.0 Å². The van der Waals surface area contributed by atoms with E-state index < -0.39 is 22.3 Å². The maximum absolute atomic E-state index is 13.4. The third kappa shape index (κ3) is 9.67. The second-order valence-electron chi connectivity index (χ2n) is 12.3. The smallest absolute Gasteiger partial charge is 0.716 e. The first-order valence-corrected chi connectivity index (χ1v) is 18.5. The molecule has 0 radical (unpaired) electrons. The zero-order chi connectivity index (χ0) is 36.8. The van der Waals surface area contributed by atoms with E-state index in [0.29, 0.717) is 16.7 Å². The quantitative estimate of drug-likeness (QED) is 0.0617. The first-order valence-electron chi connectivity index (χ1n) is 17.1. The minimum atomic E-state index is -5.21. The molecule has 2 aromatic heterocycles. The van der Waals surface area contributed by atoms with E-state index in [1.807, 2.05) is 30.3 Å². The molecule has 3 aromatic carbocycles. The average molecular weight is 759 g/mol. The number of carbonyl (C=O) groups excluding carboxylic acids is 2. The molecule has 2 heterocycles. The predicted octanol–water partition coefficient (Wildman–Crippen LogP) is 4.80. The third-order valence-corrected chi connectivity index (χ3v) is 9.09. The van der Waals surface area contributed by atoms with Crippen LogP contribution < -0.4 is 48.0 Å². The molecule has 0 atom stereocenters. The summed E-state index contributed by atoms with van der Waals surface area (Å²) >= 11 is 0. The average Bonchev–Trinajstić information content (AvgIpc) is 3.64. The molecule has 0 bridgehead atoms. The van der Waals surface area contributed by atoms with Gasteiger partial charge in [-0.15, -0.1) is 0 Å². The van der Waals surface area contributed by atoms with Crippen molar-refractivity contribution in [2.24, 2.45) is 5.92 Å². The molecule has 0 aliphatic heterocycles. The number of ether oxygens (including phenoxy) is 5. The van der Waals surface area contributed by atoms with E-state index in [1.54, 1.807) is 32.9 Å². The third-order valence-electron chi connectivity index (χ3n) is 8.70. The summed E-state index contributed by atoms with van der Waals surface area (Å²) in [4.78, 5) is 26.3. The Labute approximate surface area is 329 Å². The molecule has 0 spiro atoms. The van der Waals surface area contributed by atoms with Gasteiger partial charge in [0.05, 0.1) is 19.8 Å². The Kier molecular flexibility index (Phi) is 13.4. The van der Waals surface area contributed by atoms with Crippen LogP contribution in [0, 0.1) is 12.8 Å².